The van der Waals surface area contributed by atoms with Crippen LogP contribution < -0.4 is 11.2 Å². The predicted molar refractivity (Wildman–Crippen MR) is 115 cm³/mol. The standard InChI is InChI=1S/C20H18ClF4N5O5/c1-4-35-17(33)9-29-16(32)8-27(2)18(29)26-12-6-13(11(22)5-10(12)21)30-15(31)7-14(20(23,24)25)28(3)19(30)34/h5-7H,4,8-9H2,1-3H3. The van der Waals surface area contributed by atoms with Gasteiger partial charge in [-0.1, -0.05) is 11.6 Å². The number of carbonyl (C=O) groups excluding carboxylic acids is 2. The zero-order valence-corrected chi connectivity index (χ0v) is 19.3. The summed E-state index contributed by atoms with van der Waals surface area (Å²) in [5.74, 6) is -2.45. The smallest absolute Gasteiger partial charge is 0.431 e. The van der Waals surface area contributed by atoms with Crippen LogP contribution in [-0.2, 0) is 27.5 Å². The number of esters is 1. The fourth-order valence-corrected chi connectivity index (χ4v) is 3.52. The fourth-order valence-electron chi connectivity index (χ4n) is 3.33. The van der Waals surface area contributed by atoms with Gasteiger partial charge in [-0.15, -0.1) is 0 Å². The third-order valence-electron chi connectivity index (χ3n) is 4.94. The van der Waals surface area contributed by atoms with Gasteiger partial charge in [0.2, 0.25) is 11.9 Å². The molecule has 3 rings (SSSR count). The number of alkyl halides is 3. The zero-order chi connectivity index (χ0) is 26.2. The van der Waals surface area contributed by atoms with Crippen LogP contribution in [0.15, 0.2) is 32.8 Å². The van der Waals surface area contributed by atoms with E-state index in [0.717, 1.165) is 18.0 Å². The summed E-state index contributed by atoms with van der Waals surface area (Å²) in [7, 11) is 2.26. The Morgan fingerprint density at radius 2 is 1.83 bits per heavy atom. The number of likely N-dealkylation sites (N-methyl/N-ethyl adjacent to an activating group) is 1. The number of amides is 1. The summed E-state index contributed by atoms with van der Waals surface area (Å²) in [4.78, 5) is 55.7. The number of halogens is 5. The van der Waals surface area contributed by atoms with Crippen molar-refractivity contribution in [1.29, 1.82) is 0 Å². The third-order valence-corrected chi connectivity index (χ3v) is 5.24. The molecule has 0 saturated carbocycles. The van der Waals surface area contributed by atoms with Crippen molar-refractivity contribution in [3.63, 3.8) is 0 Å². The number of hydrogen-bond donors (Lipinski definition) is 0. The molecular weight excluding hydrogens is 502 g/mol. The highest BCUT2D eigenvalue weighted by Gasteiger charge is 2.36. The first-order chi connectivity index (χ1) is 16.3. The van der Waals surface area contributed by atoms with Gasteiger partial charge in [-0.25, -0.2) is 18.7 Å². The molecule has 1 aliphatic heterocycles. The summed E-state index contributed by atoms with van der Waals surface area (Å²) < 4.78 is 59.3. The number of aliphatic imine (C=N–C) groups is 1. The van der Waals surface area contributed by atoms with Gasteiger partial charge in [-0.3, -0.25) is 23.9 Å². The number of rotatable bonds is 5. The Hall–Kier alpha value is -3.68. The van der Waals surface area contributed by atoms with E-state index in [2.05, 4.69) is 4.99 Å². The average molecular weight is 520 g/mol. The minimum atomic E-state index is -5.00. The van der Waals surface area contributed by atoms with Crippen LogP contribution >= 0.6 is 11.6 Å². The molecule has 0 N–H and O–H groups in total. The van der Waals surface area contributed by atoms with E-state index in [0.29, 0.717) is 6.07 Å². The second kappa shape index (κ2) is 9.52. The Labute approximate surface area is 199 Å². The van der Waals surface area contributed by atoms with Crippen molar-refractivity contribution in [2.45, 2.75) is 13.1 Å². The van der Waals surface area contributed by atoms with E-state index in [9.17, 15) is 36.7 Å². The largest absolute Gasteiger partial charge is 0.465 e. The first-order valence-corrected chi connectivity index (χ1v) is 10.3. The van der Waals surface area contributed by atoms with Gasteiger partial charge in [0.25, 0.3) is 5.56 Å². The van der Waals surface area contributed by atoms with Gasteiger partial charge < -0.3 is 9.64 Å². The second-order valence-corrected chi connectivity index (χ2v) is 7.76. The van der Waals surface area contributed by atoms with Crippen molar-refractivity contribution in [2.24, 2.45) is 12.0 Å². The number of nitrogens with zero attached hydrogens (tertiary/aromatic N) is 5. The number of benzene rings is 1. The molecule has 0 aliphatic carbocycles. The molecule has 1 aromatic carbocycles. The molecule has 15 heteroatoms. The average Bonchev–Trinajstić information content (AvgIpc) is 3.00. The van der Waals surface area contributed by atoms with E-state index in [1.54, 1.807) is 6.92 Å². The summed E-state index contributed by atoms with van der Waals surface area (Å²) in [6, 6.07) is 1.75. The molecular formula is C20H18ClF4N5O5. The van der Waals surface area contributed by atoms with Gasteiger partial charge >= 0.3 is 17.8 Å². The Morgan fingerprint density at radius 1 is 1.17 bits per heavy atom. The Balaban J connectivity index is 2.16. The van der Waals surface area contributed by atoms with Crippen molar-refractivity contribution in [1.82, 2.24) is 18.9 Å². The Morgan fingerprint density at radius 3 is 2.43 bits per heavy atom. The molecule has 1 aromatic heterocycles. The van der Waals surface area contributed by atoms with Crippen molar-refractivity contribution < 1.29 is 31.9 Å². The summed E-state index contributed by atoms with van der Waals surface area (Å²) in [5, 5.41) is -0.292. The topological polar surface area (TPSA) is 106 Å². The summed E-state index contributed by atoms with van der Waals surface area (Å²) in [5.41, 5.74) is -5.34. The molecule has 0 atom stereocenters. The quantitative estimate of drug-likeness (QED) is 0.439. The third kappa shape index (κ3) is 5.06. The minimum Gasteiger partial charge on any atom is -0.465 e. The number of carbonyl (C=O) groups is 2. The maximum Gasteiger partial charge on any atom is 0.431 e. The van der Waals surface area contributed by atoms with E-state index in [1.165, 1.54) is 11.9 Å². The van der Waals surface area contributed by atoms with Crippen LogP contribution in [0.2, 0.25) is 5.02 Å². The Bertz CT molecular complexity index is 1350. The second-order valence-electron chi connectivity index (χ2n) is 7.35. The fraction of sp³-hybridized carbons (Fsp3) is 0.350. The maximum atomic E-state index is 14.7. The molecule has 2 aromatic rings. The molecule has 1 fully saturated rings. The lowest BCUT2D eigenvalue weighted by molar-refractivity contribution is -0.146. The highest BCUT2D eigenvalue weighted by atomic mass is 35.5. The first-order valence-electron chi connectivity index (χ1n) is 9.91. The monoisotopic (exact) mass is 519 g/mol. The molecule has 10 nitrogen and oxygen atoms in total. The SMILES string of the molecule is CCOC(=O)CN1C(=O)CN(C)C1=Nc1cc(-n2c(=O)cc(C(F)(F)F)n(C)c2=O)c(F)cc1Cl. The molecule has 1 saturated heterocycles. The molecule has 188 valence electrons. The summed E-state index contributed by atoms with van der Waals surface area (Å²) >= 11 is 6.07. The van der Waals surface area contributed by atoms with Crippen LogP contribution in [-0.4, -0.2) is 63.5 Å². The predicted octanol–water partition coefficient (Wildman–Crippen LogP) is 1.67. The van der Waals surface area contributed by atoms with Crippen LogP contribution in [0.3, 0.4) is 0 Å². The van der Waals surface area contributed by atoms with Gasteiger partial charge in [0.05, 0.1) is 23.0 Å². The van der Waals surface area contributed by atoms with Crippen LogP contribution in [0.4, 0.5) is 23.2 Å². The van der Waals surface area contributed by atoms with Crippen molar-refractivity contribution >= 4 is 35.1 Å². The highest BCUT2D eigenvalue weighted by molar-refractivity contribution is 6.33. The number of guanidine groups is 1. The molecule has 1 amide bonds. The normalized spacial score (nSPS) is 15.3. The lowest BCUT2D eigenvalue weighted by Crippen LogP contribution is -2.41. The van der Waals surface area contributed by atoms with Crippen LogP contribution in [0.25, 0.3) is 5.69 Å². The maximum absolute atomic E-state index is 14.7. The van der Waals surface area contributed by atoms with E-state index in [1.807, 2.05) is 0 Å². The van der Waals surface area contributed by atoms with Crippen molar-refractivity contribution in [3.8, 4) is 5.69 Å². The van der Waals surface area contributed by atoms with Gasteiger partial charge in [-0.2, -0.15) is 13.2 Å². The van der Waals surface area contributed by atoms with Gasteiger partial charge in [0.1, 0.15) is 24.6 Å². The van der Waals surface area contributed by atoms with Crippen LogP contribution in [0.5, 0.6) is 0 Å². The Kier molecular flexibility index (Phi) is 7.06. The van der Waals surface area contributed by atoms with Gasteiger partial charge in [0.15, 0.2) is 0 Å². The molecule has 35 heavy (non-hydrogen) atoms. The lowest BCUT2D eigenvalue weighted by Gasteiger charge is -2.18. The van der Waals surface area contributed by atoms with Gasteiger partial charge in [0, 0.05) is 20.2 Å². The zero-order valence-electron chi connectivity index (χ0n) is 18.5. The number of hydrogen-bond acceptors (Lipinski definition) is 6. The van der Waals surface area contributed by atoms with Crippen molar-refractivity contribution in [3.05, 3.63) is 55.6 Å². The number of aromatic nitrogens is 2. The first kappa shape index (κ1) is 25.9. The molecule has 2 heterocycles. The van der Waals surface area contributed by atoms with Crippen LogP contribution in [0, 0.1) is 5.82 Å². The van der Waals surface area contributed by atoms with E-state index >= 15 is 0 Å². The molecule has 0 unspecified atom stereocenters. The lowest BCUT2D eigenvalue weighted by atomic mass is 10.2. The minimum absolute atomic E-state index is 0.0600. The van der Waals surface area contributed by atoms with Gasteiger partial charge in [-0.05, 0) is 19.1 Å². The van der Waals surface area contributed by atoms with Crippen molar-refractivity contribution in [2.75, 3.05) is 26.7 Å². The molecule has 0 spiro atoms. The summed E-state index contributed by atoms with van der Waals surface area (Å²) in [6.07, 6.45) is -5.00. The van der Waals surface area contributed by atoms with E-state index in [-0.39, 0.29) is 45.0 Å². The molecule has 0 bridgehead atoms. The van der Waals surface area contributed by atoms with E-state index < -0.39 is 53.0 Å². The van der Waals surface area contributed by atoms with Crippen LogP contribution in [0.1, 0.15) is 12.6 Å². The highest BCUT2D eigenvalue weighted by Crippen LogP contribution is 2.31. The number of ether oxygens (including phenoxy) is 1. The molecule has 1 aliphatic rings. The molecule has 0 radical (unpaired) electrons. The summed E-state index contributed by atoms with van der Waals surface area (Å²) in [6.45, 7) is 1.04. The van der Waals surface area contributed by atoms with E-state index in [4.69, 9.17) is 16.3 Å².